The van der Waals surface area contributed by atoms with Crippen LogP contribution in [0.1, 0.15) is 105 Å². The van der Waals surface area contributed by atoms with Crippen LogP contribution in [0.3, 0.4) is 0 Å². The molecule has 2 aliphatic heterocycles. The van der Waals surface area contributed by atoms with Crippen LogP contribution in [-0.2, 0) is 25.1 Å². The minimum atomic E-state index is -2.16. The van der Waals surface area contributed by atoms with Gasteiger partial charge >= 0.3 is 12.1 Å². The summed E-state index contributed by atoms with van der Waals surface area (Å²) in [7, 11) is -3.63. The number of carbonyl (C=O) groups excluding carboxylic acids is 2. The van der Waals surface area contributed by atoms with Crippen molar-refractivity contribution in [3.05, 3.63) is 69.8 Å². The van der Waals surface area contributed by atoms with Crippen LogP contribution in [0.4, 0.5) is 4.79 Å². The Morgan fingerprint density at radius 1 is 1.14 bits per heavy atom. The molecule has 1 saturated heterocycles. The molecule has 12 heteroatoms. The first kappa shape index (κ1) is 46.9. The summed E-state index contributed by atoms with van der Waals surface area (Å²) in [6.45, 7) is 32.4. The number of unbranched alkanes of at least 4 members (excludes halogenated alkanes) is 2. The fourth-order valence-electron chi connectivity index (χ4n) is 7.61. The van der Waals surface area contributed by atoms with Crippen molar-refractivity contribution in [3.8, 4) is 11.5 Å². The van der Waals surface area contributed by atoms with Crippen LogP contribution in [0.5, 0.6) is 11.5 Å². The lowest BCUT2D eigenvalue weighted by Gasteiger charge is -2.61. The molecule has 0 bridgehead atoms. The smallest absolute Gasteiger partial charge is 0.507 e. The van der Waals surface area contributed by atoms with E-state index in [2.05, 4.69) is 80.0 Å². The number of aliphatic hydroxyl groups is 1. The molecule has 318 valence electrons. The van der Waals surface area contributed by atoms with Gasteiger partial charge < -0.3 is 33.7 Å². The van der Waals surface area contributed by atoms with Crippen LogP contribution < -0.4 is 4.74 Å². The van der Waals surface area contributed by atoms with Crippen molar-refractivity contribution in [2.24, 2.45) is 11.3 Å². The van der Waals surface area contributed by atoms with Crippen molar-refractivity contribution in [2.75, 3.05) is 13.2 Å². The number of hydrogen-bond donors (Lipinski definition) is 2. The van der Waals surface area contributed by atoms with E-state index in [-0.39, 0.29) is 40.7 Å². The minimum absolute atomic E-state index is 0.00808. The first-order valence-corrected chi connectivity index (χ1v) is 28.3. The van der Waals surface area contributed by atoms with Gasteiger partial charge in [-0.1, -0.05) is 95.7 Å². The molecule has 57 heavy (non-hydrogen) atoms. The van der Waals surface area contributed by atoms with E-state index in [1.165, 1.54) is 17.3 Å². The van der Waals surface area contributed by atoms with E-state index in [0.717, 1.165) is 55.7 Å². The van der Waals surface area contributed by atoms with Gasteiger partial charge in [-0.2, -0.15) is 0 Å². The molecule has 1 fully saturated rings. The van der Waals surface area contributed by atoms with Crippen LogP contribution in [-0.4, -0.2) is 74.5 Å². The number of phenolic OH excluding ortho intramolecular Hbond substituents is 1. The van der Waals surface area contributed by atoms with Gasteiger partial charge in [0, 0.05) is 24.5 Å². The molecule has 1 aromatic rings. The Morgan fingerprint density at radius 2 is 1.82 bits per heavy atom. The van der Waals surface area contributed by atoms with Crippen LogP contribution in [0.2, 0.25) is 43.8 Å². The van der Waals surface area contributed by atoms with Crippen molar-refractivity contribution >= 4 is 40.3 Å². The highest BCUT2D eigenvalue weighted by atomic mass is 32.2. The van der Waals surface area contributed by atoms with Crippen molar-refractivity contribution < 1.29 is 38.4 Å². The summed E-state index contributed by atoms with van der Waals surface area (Å²) in [5.41, 5.74) is 3.35. The maximum absolute atomic E-state index is 13.7. The average Bonchev–Trinajstić information content (AvgIpc) is 3.45. The van der Waals surface area contributed by atoms with E-state index < -0.39 is 40.2 Å². The standard InChI is InChI=1S/C45H71NO8SSi2/c1-15-16-17-19-32-27-35(47)38(34-26-30(4)21-22-33(34)29(2)3)36(28-32)53-43(50)52-23-18-20-37-39(40(48)51-24-25-56(10,11)12)46-41(49)45(9,42(46)55-37)31(5)54-57(13,14)44(6,7)8/h18,20,26-28,31,33-34,41-42,47,49H,2,15-17,19,21-25H2,1,3-14H3/b20-18+/t31-,33+,34-,41?,42-,45+/m1/s1. The molecule has 6 atom stereocenters. The van der Waals surface area contributed by atoms with Crippen molar-refractivity contribution in [1.29, 1.82) is 0 Å². The van der Waals surface area contributed by atoms with Crippen molar-refractivity contribution in [1.82, 2.24) is 4.90 Å². The summed E-state index contributed by atoms with van der Waals surface area (Å²) in [4.78, 5) is 29.5. The highest BCUT2D eigenvalue weighted by Gasteiger charge is 2.66. The number of aryl methyl sites for hydroxylation is 1. The molecule has 2 N–H and O–H groups in total. The normalized spacial score (nSPS) is 24.5. The number of nitrogens with zero attached hydrogens (tertiary/aromatic N) is 1. The number of fused-ring (bicyclic) bond motifs is 1. The molecule has 0 amide bonds. The van der Waals surface area contributed by atoms with Crippen LogP contribution in [0.25, 0.3) is 0 Å². The third kappa shape index (κ3) is 10.9. The number of esters is 1. The molecule has 0 aromatic heterocycles. The van der Waals surface area contributed by atoms with Crippen LogP contribution in [0.15, 0.2) is 58.7 Å². The minimum Gasteiger partial charge on any atom is -0.507 e. The fourth-order valence-corrected chi connectivity index (χ4v) is 11.4. The third-order valence-electron chi connectivity index (χ3n) is 12.5. The van der Waals surface area contributed by atoms with Gasteiger partial charge in [-0.3, -0.25) is 0 Å². The van der Waals surface area contributed by atoms with Gasteiger partial charge in [0.15, 0.2) is 8.32 Å². The van der Waals surface area contributed by atoms with Crippen molar-refractivity contribution in [2.45, 2.75) is 161 Å². The molecule has 0 spiro atoms. The average molecular weight is 842 g/mol. The zero-order valence-corrected chi connectivity index (χ0v) is 39.9. The molecular weight excluding hydrogens is 771 g/mol. The molecular formula is C45H71NO8SSi2. The number of ether oxygens (including phenoxy) is 3. The molecule has 9 nitrogen and oxygen atoms in total. The van der Waals surface area contributed by atoms with Crippen molar-refractivity contribution in [3.63, 3.8) is 0 Å². The van der Waals surface area contributed by atoms with Crippen LogP contribution >= 0.6 is 11.8 Å². The SMILES string of the molecule is C=C(C)[C@@H]1CCC(C)=C[C@H]1c1c(O)cc(CCCCC)cc1OC(=O)OC/C=C/C1=C(C(=O)OCC[Si](C)(C)C)N2C(O)[C@](C)([C@@H](C)O[Si](C)(C)C(C)(C)C)[C@H]2S1. The van der Waals surface area contributed by atoms with Gasteiger partial charge in [0.2, 0.25) is 0 Å². The zero-order valence-electron chi connectivity index (χ0n) is 37.0. The molecule has 3 aliphatic rings. The number of rotatable bonds is 17. The number of benzene rings is 1. The Hall–Kier alpha value is -2.78. The second-order valence-electron chi connectivity index (χ2n) is 19.4. The number of aliphatic hydroxyl groups excluding tert-OH is 1. The monoisotopic (exact) mass is 841 g/mol. The van der Waals surface area contributed by atoms with E-state index in [4.69, 9.17) is 18.6 Å². The summed E-state index contributed by atoms with van der Waals surface area (Å²) < 4.78 is 24.1. The highest BCUT2D eigenvalue weighted by Crippen LogP contribution is 2.60. The number of hydrogen-bond acceptors (Lipinski definition) is 10. The number of thioether (sulfide) groups is 1. The Morgan fingerprint density at radius 3 is 2.44 bits per heavy atom. The Bertz CT molecular complexity index is 1740. The Balaban J connectivity index is 1.56. The van der Waals surface area contributed by atoms with Gasteiger partial charge in [-0.05, 0) is 113 Å². The van der Waals surface area contributed by atoms with E-state index in [1.807, 2.05) is 26.8 Å². The van der Waals surface area contributed by atoms with Gasteiger partial charge in [0.05, 0.1) is 23.5 Å². The van der Waals surface area contributed by atoms with Gasteiger partial charge in [-0.15, -0.1) is 0 Å². The topological polar surface area (TPSA) is 115 Å². The molecule has 1 aliphatic carbocycles. The lowest BCUT2D eigenvalue weighted by atomic mass is 9.73. The molecule has 0 saturated carbocycles. The molecule has 4 rings (SSSR count). The Labute approximate surface area is 349 Å². The van der Waals surface area contributed by atoms with E-state index in [1.54, 1.807) is 23.1 Å². The van der Waals surface area contributed by atoms with E-state index >= 15 is 0 Å². The molecule has 0 radical (unpaired) electrons. The lowest BCUT2D eigenvalue weighted by Crippen LogP contribution is -2.72. The predicted molar refractivity (Wildman–Crippen MR) is 238 cm³/mol. The van der Waals surface area contributed by atoms with E-state index in [9.17, 15) is 19.8 Å². The predicted octanol–water partition coefficient (Wildman–Crippen LogP) is 11.4. The quantitative estimate of drug-likeness (QED) is 0.0516. The number of aromatic hydroxyl groups is 1. The van der Waals surface area contributed by atoms with Gasteiger partial charge in [0.25, 0.3) is 0 Å². The second-order valence-corrected chi connectivity index (χ2v) is 30.9. The number of phenols is 1. The molecule has 2 heterocycles. The maximum atomic E-state index is 13.7. The fraction of sp³-hybridized carbons (Fsp3) is 0.644. The first-order valence-electron chi connectivity index (χ1n) is 20.8. The summed E-state index contributed by atoms with van der Waals surface area (Å²) in [5.74, 6) is -0.185. The largest absolute Gasteiger partial charge is 0.514 e. The maximum Gasteiger partial charge on any atom is 0.514 e. The summed E-state index contributed by atoms with van der Waals surface area (Å²) in [6.07, 6.45) is 9.14. The summed E-state index contributed by atoms with van der Waals surface area (Å²) in [6, 6.07) is 4.48. The summed E-state index contributed by atoms with van der Waals surface area (Å²) >= 11 is 1.49. The molecule has 1 unspecified atom stereocenters. The van der Waals surface area contributed by atoms with Gasteiger partial charge in [0.1, 0.15) is 30.0 Å². The lowest BCUT2D eigenvalue weighted by molar-refractivity contribution is -0.218. The zero-order chi connectivity index (χ0) is 42.7. The van der Waals surface area contributed by atoms with E-state index in [0.29, 0.717) is 28.5 Å². The number of carbonyl (C=O) groups is 2. The highest BCUT2D eigenvalue weighted by molar-refractivity contribution is 8.04. The second kappa shape index (κ2) is 18.6. The Kier molecular flexibility index (Phi) is 15.3. The third-order valence-corrected chi connectivity index (χ3v) is 20.3. The number of allylic oxidation sites excluding steroid dienone is 4. The van der Waals surface area contributed by atoms with Gasteiger partial charge in [-0.25, -0.2) is 9.59 Å². The first-order chi connectivity index (χ1) is 26.4. The molecule has 1 aromatic carbocycles. The van der Waals surface area contributed by atoms with Crippen LogP contribution in [0, 0.1) is 11.3 Å². The summed E-state index contributed by atoms with van der Waals surface area (Å²) in [5, 5.41) is 22.9.